The van der Waals surface area contributed by atoms with Crippen molar-refractivity contribution in [3.05, 3.63) is 498 Å². The first kappa shape index (κ1) is 119. The van der Waals surface area contributed by atoms with Gasteiger partial charge in [-0.25, -0.2) is 0 Å². The fraction of sp³-hybridized carbons (Fsp3) is 0.227. The maximum Gasteiger partial charge on any atom is 0.127 e. The highest BCUT2D eigenvalue weighted by atomic mass is 32.1. The highest BCUT2D eigenvalue weighted by Gasteiger charge is 2.29. The van der Waals surface area contributed by atoms with Crippen LogP contribution in [0.5, 0.6) is 34.5 Å². The van der Waals surface area contributed by atoms with Crippen molar-refractivity contribution in [1.82, 2.24) is 0 Å². The second-order valence-electron chi connectivity index (χ2n) is 41.9. The standard InChI is InChI=1S/C27H25OPS.2C22H31OPS.C21H21OPS.2C20H19OPS/c28-27-24(16-21-11-5-2-6-12-21)17-22(15-20-9-3-1-4-10-20)18-26(27)29-25-14-8-7-13-23(25)19-30;2*1-14-8-9-18(15(10-14)13-25)24-19-12-16(21(2,3)4)11-17(20(19)23)22(5,6)7;1-15-7-5-11-18(14-24)21(15)23-19-12-6-10-17(20(19)22)13-16-8-3-2-4-9-16;21-20-16(13-15-7-2-1-3-8-15)10-6-12-19(20)22-18-11-5-4-9-17(18)14-23;21-18-11-10-16(12-15-6-2-1-3-7-15)13-20(18)22-19-9-5-4-8-17(19)14-23/h1-14,17-18,28-30H,15-16,19H2;2*8-12,23-25H,13H2,1-7H3;2-12,22-24H,13-14H2,1H3;1-12,21-23H,13-14H2;1-11,13,21-23H,12,14H2. The Morgan fingerprint density at radius 2 is 0.480 bits per heavy atom. The lowest BCUT2D eigenvalue weighted by Gasteiger charge is -2.27. The molecule has 0 spiro atoms. The molecule has 0 aliphatic rings. The number of para-hydroxylation sites is 2. The predicted octanol–water partition coefficient (Wildman–Crippen LogP) is 28.8. The van der Waals surface area contributed by atoms with Gasteiger partial charge < -0.3 is 30.6 Å². The lowest BCUT2D eigenvalue weighted by molar-refractivity contribution is 0.448. The largest absolute Gasteiger partial charge is 0.507 e. The Labute approximate surface area is 938 Å². The zero-order valence-corrected chi connectivity index (χ0v) is 100. The van der Waals surface area contributed by atoms with E-state index >= 15 is 0 Å². The first-order valence-electron chi connectivity index (χ1n) is 50.8. The van der Waals surface area contributed by atoms with E-state index in [2.05, 4.69) is 404 Å². The molecule has 17 rings (SSSR count). The Kier molecular flexibility index (Phi) is 45.5. The van der Waals surface area contributed by atoms with Crippen LogP contribution in [-0.2, 0) is 88.3 Å². The van der Waals surface area contributed by atoms with E-state index in [0.29, 0.717) is 109 Å². The predicted molar refractivity (Wildman–Crippen MR) is 684 cm³/mol. The third-order valence-corrected chi connectivity index (χ3v) is 36.7. The number of thiol groups is 6. The van der Waals surface area contributed by atoms with E-state index < -0.39 is 0 Å². The lowest BCUT2D eigenvalue weighted by atomic mass is 9.80. The fourth-order valence-corrected chi connectivity index (χ4v) is 27.6. The van der Waals surface area contributed by atoms with E-state index in [1.54, 1.807) is 0 Å². The molecule has 0 amide bonds. The third kappa shape index (κ3) is 35.1. The van der Waals surface area contributed by atoms with Crippen LogP contribution in [-0.4, -0.2) is 30.6 Å². The topological polar surface area (TPSA) is 121 Å². The molecule has 0 radical (unpaired) electrons. The first-order chi connectivity index (χ1) is 71.8. The number of phenols is 6. The molecule has 17 aromatic carbocycles. The normalized spacial score (nSPS) is 11.8. The Bertz CT molecular complexity index is 7090. The average molecular weight is 2210 g/mol. The molecular weight excluding hydrogens is 2060 g/mol. The van der Waals surface area contributed by atoms with E-state index in [1.807, 2.05) is 146 Å². The molecule has 0 heterocycles. The van der Waals surface area contributed by atoms with Crippen molar-refractivity contribution < 1.29 is 30.6 Å². The quantitative estimate of drug-likeness (QED) is 0.0175. The van der Waals surface area contributed by atoms with Gasteiger partial charge in [0.05, 0.1) is 0 Å². The smallest absolute Gasteiger partial charge is 0.127 e. The molecular formula is C132H146O6P6S6. The second-order valence-corrected chi connectivity index (χ2v) is 51.7. The number of benzene rings is 17. The van der Waals surface area contributed by atoms with Crippen LogP contribution >= 0.6 is 127 Å². The Morgan fingerprint density at radius 1 is 0.193 bits per heavy atom. The summed E-state index contributed by atoms with van der Waals surface area (Å²) in [6.07, 6.45) is 3.96. The summed E-state index contributed by atoms with van der Waals surface area (Å²) in [5.74, 6) is 6.81. The van der Waals surface area contributed by atoms with E-state index in [-0.39, 0.29) is 21.7 Å². The number of aromatic hydroxyl groups is 6. The number of rotatable bonds is 28. The van der Waals surface area contributed by atoms with Crippen molar-refractivity contribution >= 4 is 191 Å². The van der Waals surface area contributed by atoms with Crippen molar-refractivity contribution in [1.29, 1.82) is 0 Å². The number of phenolic OH excluding ortho intramolecular Hbond substituents is 6. The van der Waals surface area contributed by atoms with Gasteiger partial charge in [0.15, 0.2) is 0 Å². The van der Waals surface area contributed by atoms with Crippen molar-refractivity contribution in [3.8, 4) is 34.5 Å². The molecule has 0 saturated carbocycles. The van der Waals surface area contributed by atoms with Gasteiger partial charge in [0.1, 0.15) is 34.5 Å². The minimum absolute atomic E-state index is 0.0482. The summed E-state index contributed by atoms with van der Waals surface area (Å²) < 4.78 is 0. The number of hydrogen-bond donors (Lipinski definition) is 12. The van der Waals surface area contributed by atoms with E-state index in [9.17, 15) is 30.6 Å². The number of aryl methyl sites for hydroxylation is 3. The minimum atomic E-state index is -0.0930. The molecule has 6 unspecified atom stereocenters. The summed E-state index contributed by atoms with van der Waals surface area (Å²) in [5.41, 5.74) is 27.3. The van der Waals surface area contributed by atoms with Gasteiger partial charge in [-0.05, 0) is 223 Å². The van der Waals surface area contributed by atoms with Crippen LogP contribution in [0.15, 0.2) is 370 Å². The third-order valence-electron chi connectivity index (χ3n) is 25.9. The van der Waals surface area contributed by atoms with E-state index in [0.717, 1.165) is 103 Å². The Hall–Kier alpha value is -9.78. The molecule has 0 aromatic heterocycles. The monoisotopic (exact) mass is 2200 g/mol. The Balaban J connectivity index is 0.000000160. The average Bonchev–Trinajstić information content (AvgIpc) is 0.778. The van der Waals surface area contributed by atoms with Gasteiger partial charge in [-0.2, -0.15) is 75.8 Å². The maximum absolute atomic E-state index is 11.2. The molecule has 0 fully saturated rings. The molecule has 776 valence electrons. The van der Waals surface area contributed by atoms with Crippen LogP contribution in [0.1, 0.15) is 211 Å². The molecule has 18 heteroatoms. The van der Waals surface area contributed by atoms with Crippen molar-refractivity contribution in [2.75, 3.05) is 0 Å². The molecule has 0 bridgehead atoms. The SMILES string of the molecule is Cc1ccc(Pc2cc(C(C)(C)C)cc(C(C)(C)C)c2O)c(CS)c1.Cc1ccc(Pc2cc(C(C)(C)C)cc(C(C)(C)C)c2O)c(CS)c1.Cc1cccc(CS)c1Pc1cccc(Cc2ccccc2)c1O.Oc1c(Cc2ccccc2)cc(Cc2ccccc2)cc1Pc1ccccc1CS.Oc1c(Cc2ccccc2)cccc1Pc1ccccc1CS.Oc1ccc(Cc2ccccc2)cc1Pc1ccccc1CS. The summed E-state index contributed by atoms with van der Waals surface area (Å²) >= 11 is 26.7. The van der Waals surface area contributed by atoms with Crippen LogP contribution in [0, 0.1) is 20.8 Å². The molecule has 6 nitrogen and oxygen atoms in total. The molecule has 17 aromatic rings. The van der Waals surface area contributed by atoms with Crippen molar-refractivity contribution in [3.63, 3.8) is 0 Å². The molecule has 6 N–H and O–H groups in total. The van der Waals surface area contributed by atoms with Gasteiger partial charge in [-0.15, -0.1) is 0 Å². The summed E-state index contributed by atoms with van der Waals surface area (Å²) in [5, 5.41) is 78.4. The van der Waals surface area contributed by atoms with Crippen molar-refractivity contribution in [2.45, 2.75) is 192 Å². The van der Waals surface area contributed by atoms with Gasteiger partial charge in [-0.1, -0.05) is 485 Å². The zero-order valence-electron chi connectivity index (χ0n) is 88.9. The maximum atomic E-state index is 11.2. The number of hydrogen-bond acceptors (Lipinski definition) is 12. The molecule has 0 aliphatic carbocycles. The van der Waals surface area contributed by atoms with E-state index in [1.165, 1.54) is 132 Å². The molecule has 6 atom stereocenters. The van der Waals surface area contributed by atoms with Gasteiger partial charge in [-0.3, -0.25) is 0 Å². The summed E-state index contributed by atoms with van der Waals surface area (Å²) in [6.45, 7) is 32.6. The van der Waals surface area contributed by atoms with Gasteiger partial charge in [0.25, 0.3) is 0 Å². The fourth-order valence-electron chi connectivity index (χ4n) is 17.3. The van der Waals surface area contributed by atoms with Crippen LogP contribution in [0.3, 0.4) is 0 Å². The Morgan fingerprint density at radius 3 is 0.853 bits per heavy atom. The molecule has 0 aliphatic heterocycles. The second kappa shape index (κ2) is 57.4. The van der Waals surface area contributed by atoms with Gasteiger partial charge >= 0.3 is 0 Å². The van der Waals surface area contributed by atoms with Gasteiger partial charge in [0, 0.05) is 96.7 Å². The van der Waals surface area contributed by atoms with Crippen LogP contribution in [0.2, 0.25) is 0 Å². The zero-order chi connectivity index (χ0) is 108. The highest BCUT2D eigenvalue weighted by Crippen LogP contribution is 2.41. The van der Waals surface area contributed by atoms with Crippen LogP contribution in [0.4, 0.5) is 0 Å². The van der Waals surface area contributed by atoms with Crippen molar-refractivity contribution in [2.24, 2.45) is 0 Å². The lowest BCUT2D eigenvalue weighted by Crippen LogP contribution is -2.21. The van der Waals surface area contributed by atoms with Crippen LogP contribution < -0.4 is 63.7 Å². The molecule has 150 heavy (non-hydrogen) atoms. The summed E-state index contributed by atoms with van der Waals surface area (Å²) in [6, 6.07) is 127. The summed E-state index contributed by atoms with van der Waals surface area (Å²) in [4.78, 5) is 0. The minimum Gasteiger partial charge on any atom is -0.507 e. The highest BCUT2D eigenvalue weighted by molar-refractivity contribution is 7.80. The molecule has 0 saturated heterocycles. The van der Waals surface area contributed by atoms with Crippen LogP contribution in [0.25, 0.3) is 0 Å². The summed E-state index contributed by atoms with van der Waals surface area (Å²) in [7, 11) is 2.57. The first-order valence-corrected chi connectivity index (χ1v) is 60.6. The van der Waals surface area contributed by atoms with E-state index in [4.69, 9.17) is 0 Å². The van der Waals surface area contributed by atoms with Gasteiger partial charge in [0.2, 0.25) is 0 Å².